The fourth-order valence-electron chi connectivity index (χ4n) is 1.09. The van der Waals surface area contributed by atoms with Gasteiger partial charge in [0.2, 0.25) is 0 Å². The molecule has 64 valence electrons. The molecule has 1 saturated heterocycles. The third kappa shape index (κ3) is 1.68. The Kier molecular flexibility index (Phi) is 2.15. The average Bonchev–Trinajstić information content (AvgIpc) is 2.00. The zero-order valence-electron chi connectivity index (χ0n) is 6.55. The molecule has 1 aromatic heterocycles. The van der Waals surface area contributed by atoms with Crippen molar-refractivity contribution >= 4 is 17.3 Å². The van der Waals surface area contributed by atoms with Gasteiger partial charge in [0.25, 0.3) is 0 Å². The Morgan fingerprint density at radius 3 is 2.83 bits per heavy atom. The SMILES string of the molecule is Clc1ccc(NC2CNC2)cn1. The Bertz CT molecular complexity index is 256. The molecule has 2 heterocycles. The van der Waals surface area contributed by atoms with Crippen LogP contribution in [0.25, 0.3) is 0 Å². The summed E-state index contributed by atoms with van der Waals surface area (Å²) in [4.78, 5) is 3.97. The number of aromatic nitrogens is 1. The van der Waals surface area contributed by atoms with Gasteiger partial charge in [-0.15, -0.1) is 0 Å². The number of nitrogens with one attached hydrogen (secondary N) is 2. The van der Waals surface area contributed by atoms with Gasteiger partial charge in [0, 0.05) is 13.1 Å². The van der Waals surface area contributed by atoms with Crippen LogP contribution in [0.5, 0.6) is 0 Å². The van der Waals surface area contributed by atoms with Gasteiger partial charge in [-0.3, -0.25) is 0 Å². The highest BCUT2D eigenvalue weighted by Gasteiger charge is 2.15. The molecular formula is C8H10ClN3. The molecule has 2 rings (SSSR count). The van der Waals surface area contributed by atoms with Crippen molar-refractivity contribution in [3.8, 4) is 0 Å². The van der Waals surface area contributed by atoms with Crippen LogP contribution in [0.3, 0.4) is 0 Å². The van der Waals surface area contributed by atoms with Crippen molar-refractivity contribution in [2.24, 2.45) is 0 Å². The Hall–Kier alpha value is -0.800. The zero-order valence-corrected chi connectivity index (χ0v) is 7.30. The van der Waals surface area contributed by atoms with E-state index in [1.165, 1.54) is 0 Å². The Balaban J connectivity index is 1.98. The maximum absolute atomic E-state index is 5.64. The lowest BCUT2D eigenvalue weighted by Gasteiger charge is -2.28. The molecule has 1 aliphatic rings. The van der Waals surface area contributed by atoms with Crippen molar-refractivity contribution in [2.45, 2.75) is 6.04 Å². The van der Waals surface area contributed by atoms with E-state index in [0.29, 0.717) is 11.2 Å². The van der Waals surface area contributed by atoms with Crippen molar-refractivity contribution in [3.63, 3.8) is 0 Å². The van der Waals surface area contributed by atoms with Gasteiger partial charge >= 0.3 is 0 Å². The summed E-state index contributed by atoms with van der Waals surface area (Å²) in [5, 5.41) is 7.04. The zero-order chi connectivity index (χ0) is 8.39. The molecule has 0 bridgehead atoms. The summed E-state index contributed by atoms with van der Waals surface area (Å²) >= 11 is 5.64. The monoisotopic (exact) mass is 183 g/mol. The van der Waals surface area contributed by atoms with Crippen LogP contribution in [0.1, 0.15) is 0 Å². The fourth-order valence-corrected chi connectivity index (χ4v) is 1.20. The number of rotatable bonds is 2. The Morgan fingerprint density at radius 1 is 1.50 bits per heavy atom. The van der Waals surface area contributed by atoms with Gasteiger partial charge in [-0.25, -0.2) is 4.98 Å². The van der Waals surface area contributed by atoms with Crippen molar-refractivity contribution in [2.75, 3.05) is 18.4 Å². The van der Waals surface area contributed by atoms with Crippen LogP contribution < -0.4 is 10.6 Å². The fraction of sp³-hybridized carbons (Fsp3) is 0.375. The summed E-state index contributed by atoms with van der Waals surface area (Å²) < 4.78 is 0. The lowest BCUT2D eigenvalue weighted by Crippen LogP contribution is -2.51. The second-order valence-corrected chi connectivity index (χ2v) is 3.26. The average molecular weight is 184 g/mol. The second-order valence-electron chi connectivity index (χ2n) is 2.87. The van der Waals surface area contributed by atoms with Gasteiger partial charge in [0.05, 0.1) is 17.9 Å². The van der Waals surface area contributed by atoms with Gasteiger partial charge in [0.15, 0.2) is 0 Å². The van der Waals surface area contributed by atoms with Crippen LogP contribution in [-0.2, 0) is 0 Å². The maximum atomic E-state index is 5.64. The van der Waals surface area contributed by atoms with Crippen LogP contribution in [0, 0.1) is 0 Å². The summed E-state index contributed by atoms with van der Waals surface area (Å²) in [5.74, 6) is 0. The van der Waals surface area contributed by atoms with E-state index < -0.39 is 0 Å². The number of pyridine rings is 1. The molecule has 0 spiro atoms. The first-order valence-electron chi connectivity index (χ1n) is 3.93. The molecule has 0 saturated carbocycles. The van der Waals surface area contributed by atoms with E-state index in [2.05, 4.69) is 15.6 Å². The van der Waals surface area contributed by atoms with E-state index in [4.69, 9.17) is 11.6 Å². The third-order valence-electron chi connectivity index (χ3n) is 1.88. The smallest absolute Gasteiger partial charge is 0.129 e. The molecule has 0 aromatic carbocycles. The lowest BCUT2D eigenvalue weighted by atomic mass is 10.2. The topological polar surface area (TPSA) is 37.0 Å². The summed E-state index contributed by atoms with van der Waals surface area (Å²) in [6, 6.07) is 4.27. The standard InChI is InChI=1S/C8H10ClN3/c9-8-2-1-6(5-11-8)12-7-3-10-4-7/h1-2,5,7,10,12H,3-4H2. The van der Waals surface area contributed by atoms with Crippen molar-refractivity contribution < 1.29 is 0 Å². The highest BCUT2D eigenvalue weighted by atomic mass is 35.5. The molecule has 1 aromatic rings. The minimum absolute atomic E-state index is 0.535. The summed E-state index contributed by atoms with van der Waals surface area (Å²) in [6.45, 7) is 2.06. The Labute approximate surface area is 76.1 Å². The highest BCUT2D eigenvalue weighted by molar-refractivity contribution is 6.29. The van der Waals surface area contributed by atoms with E-state index in [0.717, 1.165) is 18.8 Å². The van der Waals surface area contributed by atoms with Crippen LogP contribution in [0.4, 0.5) is 5.69 Å². The minimum atomic E-state index is 0.535. The number of halogens is 1. The quantitative estimate of drug-likeness (QED) is 0.675. The molecule has 0 aliphatic carbocycles. The second kappa shape index (κ2) is 3.29. The number of hydrogen-bond acceptors (Lipinski definition) is 3. The molecular weight excluding hydrogens is 174 g/mol. The molecule has 3 nitrogen and oxygen atoms in total. The van der Waals surface area contributed by atoms with Crippen molar-refractivity contribution in [1.29, 1.82) is 0 Å². The predicted molar refractivity (Wildman–Crippen MR) is 49.5 cm³/mol. The number of anilines is 1. The molecule has 12 heavy (non-hydrogen) atoms. The number of nitrogens with zero attached hydrogens (tertiary/aromatic N) is 1. The van der Waals surface area contributed by atoms with E-state index in [9.17, 15) is 0 Å². The van der Waals surface area contributed by atoms with Crippen LogP contribution >= 0.6 is 11.6 Å². The minimum Gasteiger partial charge on any atom is -0.379 e. The van der Waals surface area contributed by atoms with Crippen LogP contribution in [-0.4, -0.2) is 24.1 Å². The normalized spacial score (nSPS) is 17.1. The van der Waals surface area contributed by atoms with Gasteiger partial charge in [-0.1, -0.05) is 11.6 Å². The van der Waals surface area contributed by atoms with E-state index >= 15 is 0 Å². The molecule has 0 radical (unpaired) electrons. The maximum Gasteiger partial charge on any atom is 0.129 e. The highest BCUT2D eigenvalue weighted by Crippen LogP contribution is 2.11. The summed E-state index contributed by atoms with van der Waals surface area (Å²) in [6.07, 6.45) is 1.75. The first kappa shape index (κ1) is 7.83. The lowest BCUT2D eigenvalue weighted by molar-refractivity contribution is 0.472. The molecule has 0 unspecified atom stereocenters. The summed E-state index contributed by atoms with van der Waals surface area (Å²) in [5.41, 5.74) is 1.03. The first-order valence-corrected chi connectivity index (χ1v) is 4.31. The van der Waals surface area contributed by atoms with E-state index in [1.807, 2.05) is 6.07 Å². The van der Waals surface area contributed by atoms with Gasteiger partial charge in [0.1, 0.15) is 5.15 Å². The summed E-state index contributed by atoms with van der Waals surface area (Å²) in [7, 11) is 0. The van der Waals surface area contributed by atoms with Gasteiger partial charge in [-0.05, 0) is 12.1 Å². The van der Waals surface area contributed by atoms with Crippen LogP contribution in [0.2, 0.25) is 5.15 Å². The van der Waals surface area contributed by atoms with Gasteiger partial charge < -0.3 is 10.6 Å². The predicted octanol–water partition coefficient (Wildman–Crippen LogP) is 1.12. The molecule has 0 amide bonds. The first-order chi connectivity index (χ1) is 5.84. The largest absolute Gasteiger partial charge is 0.379 e. The molecule has 4 heteroatoms. The number of hydrogen-bond donors (Lipinski definition) is 2. The van der Waals surface area contributed by atoms with E-state index in [1.54, 1.807) is 12.3 Å². The third-order valence-corrected chi connectivity index (χ3v) is 2.10. The van der Waals surface area contributed by atoms with Crippen molar-refractivity contribution in [3.05, 3.63) is 23.5 Å². The molecule has 1 fully saturated rings. The Morgan fingerprint density at radius 2 is 2.33 bits per heavy atom. The molecule has 1 aliphatic heterocycles. The van der Waals surface area contributed by atoms with E-state index in [-0.39, 0.29) is 0 Å². The van der Waals surface area contributed by atoms with Crippen LogP contribution in [0.15, 0.2) is 18.3 Å². The van der Waals surface area contributed by atoms with Gasteiger partial charge in [-0.2, -0.15) is 0 Å². The van der Waals surface area contributed by atoms with Crippen molar-refractivity contribution in [1.82, 2.24) is 10.3 Å². The molecule has 0 atom stereocenters. The molecule has 2 N–H and O–H groups in total.